The molecule has 0 aromatic heterocycles. The molecule has 16 nitrogen and oxygen atoms in total. The Morgan fingerprint density at radius 2 is 0.490 bits per heavy atom. The second-order valence-electron chi connectivity index (χ2n) is 27.9. The van der Waals surface area contributed by atoms with Crippen LogP contribution in [-0.2, 0) is 41.3 Å². The largest absolute Gasteiger partial charge is 0.478 e. The van der Waals surface area contributed by atoms with Crippen LogP contribution in [0.4, 0.5) is 0 Å². The summed E-state index contributed by atoms with van der Waals surface area (Å²) in [4.78, 5) is 109. The Morgan fingerprint density at radius 1 is 0.270 bits per heavy atom. The molecule has 0 aliphatic heterocycles. The zero-order valence-electron chi connectivity index (χ0n) is 65.0. The lowest BCUT2D eigenvalue weighted by Crippen LogP contribution is -2.29. The van der Waals surface area contributed by atoms with E-state index in [2.05, 4.69) is 55.4 Å². The fourth-order valence-electron chi connectivity index (χ4n) is 12.8. The van der Waals surface area contributed by atoms with E-state index in [0.717, 1.165) is 193 Å². The van der Waals surface area contributed by atoms with Crippen LogP contribution >= 0.6 is 0 Å². The molecule has 100 heavy (non-hydrogen) atoms. The van der Waals surface area contributed by atoms with Crippen LogP contribution in [-0.4, -0.2) is 97.6 Å². The second-order valence-corrected chi connectivity index (χ2v) is 27.9. The Morgan fingerprint density at radius 3 is 0.720 bits per heavy atom. The molecule has 0 bridgehead atoms. The monoisotopic (exact) mass is 1410 g/mol. The van der Waals surface area contributed by atoms with Gasteiger partial charge in [-0.1, -0.05) is 301 Å². The van der Waals surface area contributed by atoms with Crippen LogP contribution < -0.4 is 0 Å². The quantitative estimate of drug-likeness (QED) is 0.0356. The van der Waals surface area contributed by atoms with Gasteiger partial charge in [-0.15, -0.1) is 0 Å². The highest BCUT2D eigenvalue weighted by Crippen LogP contribution is 2.37. The molecule has 0 fully saturated rings. The van der Waals surface area contributed by atoms with Crippen molar-refractivity contribution >= 4 is 47.8 Å². The first-order valence-corrected chi connectivity index (χ1v) is 40.3. The number of benzene rings is 2. The van der Waals surface area contributed by atoms with Crippen molar-refractivity contribution < 1.29 is 77.0 Å². The van der Waals surface area contributed by atoms with Crippen LogP contribution in [0.2, 0.25) is 0 Å². The summed E-state index contributed by atoms with van der Waals surface area (Å²) in [5.74, 6) is -7.13. The van der Waals surface area contributed by atoms with Gasteiger partial charge in [-0.25, -0.2) is 38.4 Å². The smallest absolute Gasteiger partial charge is 0.339 e. The van der Waals surface area contributed by atoms with Gasteiger partial charge in [0.2, 0.25) is 0 Å². The Balaban J connectivity index is 0.000001000. The van der Waals surface area contributed by atoms with Crippen molar-refractivity contribution in [3.63, 3.8) is 0 Å². The summed E-state index contributed by atoms with van der Waals surface area (Å²) < 4.78 is 34.3. The molecular formula is C84H140O16. The number of aromatic carboxylic acids is 2. The van der Waals surface area contributed by atoms with Crippen LogP contribution in [0.25, 0.3) is 0 Å². The number of carboxylic acid groups (broad SMARTS) is 2. The third-order valence-electron chi connectivity index (χ3n) is 19.6. The SMILES string of the molecule is CCCCC(CC)COC(=O)c1c(CC(CC)CCCC)c(C(=O)OCC(CC)CCCC)c(C(=O)O)c(CC(CC)CCCC)c1C(=O)O.CCCCCCCCOC(=O)c1cc(C(=O)OCCCCCCCC)c(C(=O)OCCCCCCCC)cc1C(=O)OCCCCCCCC. The number of ether oxygens (including phenoxy) is 6. The normalized spacial score (nSPS) is 12.4. The molecule has 4 atom stereocenters. The van der Waals surface area contributed by atoms with Crippen molar-refractivity contribution in [2.24, 2.45) is 23.7 Å². The van der Waals surface area contributed by atoms with Crippen LogP contribution in [0.3, 0.4) is 0 Å². The number of hydrogen-bond donors (Lipinski definition) is 2. The van der Waals surface area contributed by atoms with E-state index in [-0.39, 0.29) is 132 Å². The van der Waals surface area contributed by atoms with Gasteiger partial charge in [0, 0.05) is 0 Å². The van der Waals surface area contributed by atoms with Gasteiger partial charge in [-0.05, 0) is 98.3 Å². The molecule has 0 amide bonds. The summed E-state index contributed by atoms with van der Waals surface area (Å²) in [6, 6.07) is 2.52. The molecular weight excluding hydrogens is 1260 g/mol. The zero-order valence-corrected chi connectivity index (χ0v) is 65.0. The highest BCUT2D eigenvalue weighted by molar-refractivity contribution is 6.13. The molecule has 2 aromatic carbocycles. The van der Waals surface area contributed by atoms with Gasteiger partial charge in [-0.2, -0.15) is 0 Å². The standard InChI is InChI=1S/2C42H70O8/c1-9-17-21-29(13-5)25-33-35(39(43)44)37(41(47)49-27-31(15-7)23-19-11-3)34(26-30(14-6)22-18-10-2)38(36(33)40(45)46)42(48)50-28-32(16-8)24-20-12-4;1-5-9-13-17-21-25-29-47-39(43)35-33-37(41(45)49-31-27-23-19-15-11-7-3)38(42(46)50-32-28-24-20-16-12-8-4)34-36(35)40(44)48-30-26-22-18-14-10-6-2/h29-32H,9-28H2,1-8H3,(H,43,44)(H,45,46);33-34H,5-32H2,1-4H3. The molecule has 0 spiro atoms. The topological polar surface area (TPSA) is 232 Å². The van der Waals surface area contributed by atoms with Gasteiger partial charge in [0.15, 0.2) is 0 Å². The number of rotatable bonds is 60. The lowest BCUT2D eigenvalue weighted by Gasteiger charge is -2.27. The van der Waals surface area contributed by atoms with Crippen LogP contribution in [0.1, 0.15) is 434 Å². The minimum absolute atomic E-state index is 0.00368. The fourth-order valence-corrected chi connectivity index (χ4v) is 12.8. The first-order valence-electron chi connectivity index (χ1n) is 40.3. The van der Waals surface area contributed by atoms with Crippen molar-refractivity contribution in [3.05, 3.63) is 67.8 Å². The van der Waals surface area contributed by atoms with Gasteiger partial charge in [0.05, 0.1) is 84.1 Å². The van der Waals surface area contributed by atoms with Gasteiger partial charge in [0.25, 0.3) is 0 Å². The molecule has 0 radical (unpaired) electrons. The van der Waals surface area contributed by atoms with Crippen molar-refractivity contribution in [1.29, 1.82) is 0 Å². The molecule has 0 saturated carbocycles. The maximum absolute atomic E-state index is 14.3. The summed E-state index contributed by atoms with van der Waals surface area (Å²) in [5, 5.41) is 21.7. The van der Waals surface area contributed by atoms with E-state index in [1.54, 1.807) is 0 Å². The number of carbonyl (C=O) groups excluding carboxylic acids is 6. The predicted octanol–water partition coefficient (Wildman–Crippen LogP) is 23.1. The van der Waals surface area contributed by atoms with Crippen molar-refractivity contribution in [2.45, 2.75) is 353 Å². The lowest BCUT2D eigenvalue weighted by molar-refractivity contribution is 0.0406. The summed E-state index contributed by atoms with van der Waals surface area (Å²) in [7, 11) is 0. The van der Waals surface area contributed by atoms with E-state index in [4.69, 9.17) is 28.4 Å². The average molecular weight is 1410 g/mol. The van der Waals surface area contributed by atoms with E-state index in [0.29, 0.717) is 38.5 Å². The Hall–Kier alpha value is -5.80. The second kappa shape index (κ2) is 58.7. The Bertz CT molecular complexity index is 2370. The maximum atomic E-state index is 14.3. The molecule has 0 heterocycles. The molecule has 2 N–H and O–H groups in total. The minimum atomic E-state index is -1.38. The van der Waals surface area contributed by atoms with Crippen LogP contribution in [0.15, 0.2) is 12.1 Å². The Labute approximate surface area is 605 Å². The van der Waals surface area contributed by atoms with Gasteiger partial charge in [0.1, 0.15) is 0 Å². The fraction of sp³-hybridized carbons (Fsp3) is 0.762. The molecule has 0 aliphatic rings. The molecule has 2 aromatic rings. The van der Waals surface area contributed by atoms with E-state index in [1.807, 2.05) is 27.7 Å². The summed E-state index contributed by atoms with van der Waals surface area (Å²) >= 11 is 0. The minimum Gasteiger partial charge on any atom is -0.478 e. The maximum Gasteiger partial charge on any atom is 0.339 e. The highest BCUT2D eigenvalue weighted by atomic mass is 16.6. The number of hydrogen-bond acceptors (Lipinski definition) is 14. The summed E-state index contributed by atoms with van der Waals surface area (Å²) in [6.07, 6.45) is 38.9. The summed E-state index contributed by atoms with van der Waals surface area (Å²) in [6.45, 7) is 26.2. The molecule has 0 saturated heterocycles. The van der Waals surface area contributed by atoms with E-state index >= 15 is 0 Å². The number of unbranched alkanes of at least 4 members (excludes halogenated alkanes) is 24. The first kappa shape index (κ1) is 92.2. The zero-order chi connectivity index (χ0) is 74.3. The molecule has 572 valence electrons. The molecule has 4 unspecified atom stereocenters. The molecule has 0 aliphatic carbocycles. The highest BCUT2D eigenvalue weighted by Gasteiger charge is 2.39. The number of esters is 6. The lowest BCUT2D eigenvalue weighted by atomic mass is 9.78. The van der Waals surface area contributed by atoms with E-state index in [9.17, 15) is 48.6 Å². The van der Waals surface area contributed by atoms with Crippen LogP contribution in [0.5, 0.6) is 0 Å². The first-order chi connectivity index (χ1) is 48.4. The number of carbonyl (C=O) groups is 8. The molecule has 2 rings (SSSR count). The van der Waals surface area contributed by atoms with Crippen LogP contribution in [0, 0.1) is 23.7 Å². The van der Waals surface area contributed by atoms with Crippen molar-refractivity contribution in [1.82, 2.24) is 0 Å². The van der Waals surface area contributed by atoms with Gasteiger partial charge >= 0.3 is 47.8 Å². The van der Waals surface area contributed by atoms with Crippen molar-refractivity contribution in [3.8, 4) is 0 Å². The van der Waals surface area contributed by atoms with E-state index < -0.39 is 47.8 Å². The summed E-state index contributed by atoms with van der Waals surface area (Å²) in [5.41, 5.74) is -1.29. The van der Waals surface area contributed by atoms with Gasteiger partial charge < -0.3 is 38.6 Å². The Kier molecular flexibility index (Phi) is 54.1. The van der Waals surface area contributed by atoms with Crippen molar-refractivity contribution in [2.75, 3.05) is 39.6 Å². The van der Waals surface area contributed by atoms with Gasteiger partial charge in [-0.3, -0.25) is 0 Å². The average Bonchev–Trinajstić information content (AvgIpc) is 0.743. The van der Waals surface area contributed by atoms with E-state index in [1.165, 1.54) is 37.8 Å². The predicted molar refractivity (Wildman–Crippen MR) is 403 cm³/mol. The molecule has 16 heteroatoms. The third kappa shape index (κ3) is 36.9. The number of carboxylic acids is 2. The third-order valence-corrected chi connectivity index (χ3v) is 19.6.